The van der Waals surface area contributed by atoms with Crippen LogP contribution in [0.4, 0.5) is 0 Å². The fourth-order valence-corrected chi connectivity index (χ4v) is 3.58. The zero-order valence-corrected chi connectivity index (χ0v) is 13.6. The summed E-state index contributed by atoms with van der Waals surface area (Å²) in [5.74, 6) is 0. The monoisotopic (exact) mass is 266 g/mol. The fraction of sp³-hybridized carbons (Fsp3) is 1.00. The SMILES string of the molecule is CCC(CC)(CNC1CC1)CN1CCCC(C)(C)C1. The predicted molar refractivity (Wildman–Crippen MR) is 83.5 cm³/mol. The summed E-state index contributed by atoms with van der Waals surface area (Å²) in [6.45, 7) is 14.8. The minimum absolute atomic E-state index is 0.496. The average Bonchev–Trinajstić information content (AvgIpc) is 3.17. The Morgan fingerprint density at radius 3 is 2.42 bits per heavy atom. The Morgan fingerprint density at radius 1 is 1.21 bits per heavy atom. The summed E-state index contributed by atoms with van der Waals surface area (Å²) >= 11 is 0. The summed E-state index contributed by atoms with van der Waals surface area (Å²) < 4.78 is 0. The maximum Gasteiger partial charge on any atom is 0.00684 e. The first-order valence-corrected chi connectivity index (χ1v) is 8.44. The zero-order valence-electron chi connectivity index (χ0n) is 13.6. The molecule has 112 valence electrons. The minimum Gasteiger partial charge on any atom is -0.313 e. The highest BCUT2D eigenvalue weighted by atomic mass is 15.1. The van der Waals surface area contributed by atoms with Gasteiger partial charge in [0.2, 0.25) is 0 Å². The van der Waals surface area contributed by atoms with Gasteiger partial charge in [-0.3, -0.25) is 0 Å². The van der Waals surface area contributed by atoms with Crippen molar-refractivity contribution in [3.8, 4) is 0 Å². The largest absolute Gasteiger partial charge is 0.313 e. The molecule has 0 unspecified atom stereocenters. The fourth-order valence-electron chi connectivity index (χ4n) is 3.58. The number of piperidine rings is 1. The van der Waals surface area contributed by atoms with E-state index in [1.165, 1.54) is 64.7 Å². The van der Waals surface area contributed by atoms with Crippen LogP contribution in [-0.2, 0) is 0 Å². The number of likely N-dealkylation sites (tertiary alicyclic amines) is 1. The van der Waals surface area contributed by atoms with Crippen LogP contribution in [0.3, 0.4) is 0 Å². The van der Waals surface area contributed by atoms with Gasteiger partial charge < -0.3 is 10.2 Å². The molecule has 0 aromatic heterocycles. The lowest BCUT2D eigenvalue weighted by molar-refractivity contribution is 0.0633. The molecule has 1 saturated carbocycles. The van der Waals surface area contributed by atoms with Gasteiger partial charge in [0.05, 0.1) is 0 Å². The quantitative estimate of drug-likeness (QED) is 0.756. The van der Waals surface area contributed by atoms with Crippen molar-refractivity contribution in [3.05, 3.63) is 0 Å². The smallest absolute Gasteiger partial charge is 0.00684 e. The van der Waals surface area contributed by atoms with Crippen LogP contribution in [0.25, 0.3) is 0 Å². The van der Waals surface area contributed by atoms with E-state index in [1.54, 1.807) is 0 Å². The number of hydrogen-bond acceptors (Lipinski definition) is 2. The summed E-state index contributed by atoms with van der Waals surface area (Å²) in [5.41, 5.74) is 1.02. The standard InChI is InChI=1S/C17H34N2/c1-5-17(6-2,12-18-15-8-9-15)14-19-11-7-10-16(3,4)13-19/h15,18H,5-14H2,1-4H3. The lowest BCUT2D eigenvalue weighted by Gasteiger charge is -2.44. The molecular weight excluding hydrogens is 232 g/mol. The Hall–Kier alpha value is -0.0800. The molecule has 1 aliphatic carbocycles. The van der Waals surface area contributed by atoms with Crippen molar-refractivity contribution in [2.45, 2.75) is 72.3 Å². The second-order valence-corrected chi connectivity index (χ2v) is 7.84. The molecule has 2 aliphatic rings. The summed E-state index contributed by atoms with van der Waals surface area (Å²) in [7, 11) is 0. The van der Waals surface area contributed by atoms with Gasteiger partial charge in [0.1, 0.15) is 0 Å². The van der Waals surface area contributed by atoms with Gasteiger partial charge in [0.25, 0.3) is 0 Å². The lowest BCUT2D eigenvalue weighted by Crippen LogP contribution is -2.48. The molecule has 2 fully saturated rings. The van der Waals surface area contributed by atoms with Crippen LogP contribution < -0.4 is 5.32 Å². The van der Waals surface area contributed by atoms with Crippen LogP contribution in [0.15, 0.2) is 0 Å². The Kier molecular flexibility index (Phi) is 4.94. The Bertz CT molecular complexity index is 277. The van der Waals surface area contributed by atoms with Gasteiger partial charge >= 0.3 is 0 Å². The maximum atomic E-state index is 3.78. The van der Waals surface area contributed by atoms with Gasteiger partial charge in [-0.05, 0) is 55.9 Å². The highest BCUT2D eigenvalue weighted by Gasteiger charge is 2.34. The van der Waals surface area contributed by atoms with Crippen LogP contribution in [0, 0.1) is 10.8 Å². The summed E-state index contributed by atoms with van der Waals surface area (Å²) in [5, 5.41) is 3.78. The minimum atomic E-state index is 0.496. The van der Waals surface area contributed by atoms with E-state index >= 15 is 0 Å². The molecular formula is C17H34N2. The summed E-state index contributed by atoms with van der Waals surface area (Å²) in [6.07, 6.45) is 8.20. The molecule has 2 nitrogen and oxygen atoms in total. The van der Waals surface area contributed by atoms with E-state index in [0.29, 0.717) is 10.8 Å². The first-order valence-electron chi connectivity index (χ1n) is 8.44. The molecule has 1 saturated heterocycles. The van der Waals surface area contributed by atoms with Crippen molar-refractivity contribution in [2.75, 3.05) is 26.2 Å². The van der Waals surface area contributed by atoms with Crippen LogP contribution in [0.1, 0.15) is 66.2 Å². The molecule has 0 amide bonds. The normalized spacial score (nSPS) is 24.6. The molecule has 0 radical (unpaired) electrons. The van der Waals surface area contributed by atoms with Gasteiger partial charge in [-0.2, -0.15) is 0 Å². The van der Waals surface area contributed by atoms with Crippen molar-refractivity contribution >= 4 is 0 Å². The van der Waals surface area contributed by atoms with Crippen molar-refractivity contribution < 1.29 is 0 Å². The van der Waals surface area contributed by atoms with Crippen LogP contribution in [-0.4, -0.2) is 37.1 Å². The Labute approximate surface area is 120 Å². The maximum absolute atomic E-state index is 3.78. The molecule has 0 aromatic carbocycles. The van der Waals surface area contributed by atoms with Gasteiger partial charge in [-0.1, -0.05) is 27.7 Å². The molecule has 1 aliphatic heterocycles. The lowest BCUT2D eigenvalue weighted by atomic mass is 9.79. The van der Waals surface area contributed by atoms with Crippen LogP contribution in [0.5, 0.6) is 0 Å². The molecule has 0 bridgehead atoms. The van der Waals surface area contributed by atoms with E-state index in [-0.39, 0.29) is 0 Å². The Morgan fingerprint density at radius 2 is 1.89 bits per heavy atom. The van der Waals surface area contributed by atoms with E-state index in [2.05, 4.69) is 37.9 Å². The number of nitrogens with one attached hydrogen (secondary N) is 1. The third kappa shape index (κ3) is 4.46. The highest BCUT2D eigenvalue weighted by Crippen LogP contribution is 2.34. The average molecular weight is 266 g/mol. The van der Waals surface area contributed by atoms with Crippen molar-refractivity contribution in [1.29, 1.82) is 0 Å². The second kappa shape index (κ2) is 6.13. The molecule has 1 heterocycles. The Balaban J connectivity index is 1.90. The molecule has 0 spiro atoms. The van der Waals surface area contributed by atoms with Crippen LogP contribution in [0.2, 0.25) is 0 Å². The van der Waals surface area contributed by atoms with E-state index < -0.39 is 0 Å². The molecule has 0 atom stereocenters. The highest BCUT2D eigenvalue weighted by molar-refractivity contribution is 4.90. The second-order valence-electron chi connectivity index (χ2n) is 7.84. The molecule has 2 rings (SSSR count). The molecule has 19 heavy (non-hydrogen) atoms. The van der Waals surface area contributed by atoms with Crippen LogP contribution >= 0.6 is 0 Å². The zero-order chi connectivity index (χ0) is 13.9. The number of nitrogens with zero attached hydrogens (tertiary/aromatic N) is 1. The van der Waals surface area contributed by atoms with Gasteiger partial charge in [0.15, 0.2) is 0 Å². The van der Waals surface area contributed by atoms with E-state index in [9.17, 15) is 0 Å². The third-order valence-corrected chi connectivity index (χ3v) is 5.38. The van der Waals surface area contributed by atoms with E-state index in [0.717, 1.165) is 6.04 Å². The van der Waals surface area contributed by atoms with E-state index in [1.807, 2.05) is 0 Å². The first-order chi connectivity index (χ1) is 8.99. The molecule has 0 aromatic rings. The number of hydrogen-bond donors (Lipinski definition) is 1. The summed E-state index contributed by atoms with van der Waals surface area (Å²) in [4.78, 5) is 2.74. The predicted octanol–water partition coefficient (Wildman–Crippen LogP) is 3.67. The number of rotatable bonds is 7. The topological polar surface area (TPSA) is 15.3 Å². The van der Waals surface area contributed by atoms with Gasteiger partial charge in [-0.15, -0.1) is 0 Å². The van der Waals surface area contributed by atoms with Gasteiger partial charge in [-0.25, -0.2) is 0 Å². The van der Waals surface area contributed by atoms with Crippen molar-refractivity contribution in [3.63, 3.8) is 0 Å². The van der Waals surface area contributed by atoms with E-state index in [4.69, 9.17) is 0 Å². The van der Waals surface area contributed by atoms with Crippen molar-refractivity contribution in [2.24, 2.45) is 10.8 Å². The first kappa shape index (κ1) is 15.3. The molecule has 2 heteroatoms. The molecule has 1 N–H and O–H groups in total. The van der Waals surface area contributed by atoms with Gasteiger partial charge in [0, 0.05) is 25.7 Å². The summed E-state index contributed by atoms with van der Waals surface area (Å²) in [6, 6.07) is 0.843. The van der Waals surface area contributed by atoms with Crippen molar-refractivity contribution in [1.82, 2.24) is 10.2 Å². The third-order valence-electron chi connectivity index (χ3n) is 5.38.